The molecule has 0 spiro atoms. The van der Waals surface area contributed by atoms with E-state index in [4.69, 9.17) is 4.74 Å². The molecule has 3 heterocycles. The normalized spacial score (nSPS) is 15.7. The lowest BCUT2D eigenvalue weighted by Crippen LogP contribution is -2.15. The largest absolute Gasteiger partial charge is 0.381 e. The molecule has 124 valence electrons. The van der Waals surface area contributed by atoms with Crippen molar-refractivity contribution in [1.82, 2.24) is 14.3 Å². The molecule has 0 amide bonds. The fourth-order valence-electron chi connectivity index (χ4n) is 2.95. The van der Waals surface area contributed by atoms with Crippen LogP contribution in [0.25, 0.3) is 10.9 Å². The van der Waals surface area contributed by atoms with Crippen LogP contribution in [0.15, 0.2) is 35.1 Å². The van der Waals surface area contributed by atoms with Gasteiger partial charge in [-0.25, -0.2) is 4.98 Å². The Morgan fingerprint density at radius 2 is 2.12 bits per heavy atom. The van der Waals surface area contributed by atoms with Crippen LogP contribution in [-0.4, -0.2) is 27.6 Å². The molecule has 1 saturated heterocycles. The molecule has 1 aliphatic heterocycles. The van der Waals surface area contributed by atoms with Gasteiger partial charge in [-0.15, -0.1) is 0 Å². The summed E-state index contributed by atoms with van der Waals surface area (Å²) < 4.78 is 9.84. The van der Waals surface area contributed by atoms with E-state index in [0.717, 1.165) is 48.2 Å². The van der Waals surface area contributed by atoms with Crippen molar-refractivity contribution in [2.24, 2.45) is 0 Å². The first-order chi connectivity index (χ1) is 11.8. The minimum absolute atomic E-state index is 0.0290. The third-order valence-corrected chi connectivity index (χ3v) is 4.94. The second-order valence-electron chi connectivity index (χ2n) is 5.90. The summed E-state index contributed by atoms with van der Waals surface area (Å²) >= 11 is 1.37. The molecule has 0 radical (unpaired) electrons. The Labute approximate surface area is 143 Å². The number of pyridine rings is 1. The van der Waals surface area contributed by atoms with Gasteiger partial charge in [0.15, 0.2) is 5.43 Å². The van der Waals surface area contributed by atoms with E-state index in [2.05, 4.69) is 19.7 Å². The van der Waals surface area contributed by atoms with Crippen LogP contribution in [0, 0.1) is 0 Å². The van der Waals surface area contributed by atoms with Crippen LogP contribution >= 0.6 is 11.5 Å². The number of ether oxygens (including phenoxy) is 1. The molecule has 6 nitrogen and oxygen atoms in total. The molecule has 0 aliphatic carbocycles. The second-order valence-corrected chi connectivity index (χ2v) is 6.65. The van der Waals surface area contributed by atoms with Gasteiger partial charge in [-0.3, -0.25) is 4.79 Å². The van der Waals surface area contributed by atoms with E-state index < -0.39 is 0 Å². The molecule has 7 heteroatoms. The average molecular weight is 342 g/mol. The molecular weight excluding hydrogens is 324 g/mol. The minimum atomic E-state index is 0.0290. The van der Waals surface area contributed by atoms with Gasteiger partial charge in [-0.2, -0.15) is 4.37 Å². The fraction of sp³-hybridized carbons (Fsp3) is 0.353. The number of para-hydroxylation sites is 1. The number of hydrogen-bond donors (Lipinski definition) is 2. The summed E-state index contributed by atoms with van der Waals surface area (Å²) in [7, 11) is 0. The van der Waals surface area contributed by atoms with Crippen LogP contribution in [0.4, 0.5) is 5.13 Å². The van der Waals surface area contributed by atoms with Gasteiger partial charge in [0, 0.05) is 53.3 Å². The lowest BCUT2D eigenvalue weighted by molar-refractivity contribution is 0.0838. The monoisotopic (exact) mass is 342 g/mol. The Morgan fingerprint density at radius 3 is 3.00 bits per heavy atom. The highest BCUT2D eigenvalue weighted by Gasteiger charge is 2.20. The predicted molar refractivity (Wildman–Crippen MR) is 94.6 cm³/mol. The Kier molecular flexibility index (Phi) is 4.27. The second kappa shape index (κ2) is 6.70. The minimum Gasteiger partial charge on any atom is -0.381 e. The van der Waals surface area contributed by atoms with Gasteiger partial charge in [0.05, 0.1) is 6.54 Å². The van der Waals surface area contributed by atoms with Gasteiger partial charge in [0.2, 0.25) is 5.13 Å². The van der Waals surface area contributed by atoms with Crippen LogP contribution in [0.2, 0.25) is 0 Å². The van der Waals surface area contributed by atoms with Crippen molar-refractivity contribution >= 4 is 27.6 Å². The number of nitrogens with one attached hydrogen (secondary N) is 2. The highest BCUT2D eigenvalue weighted by molar-refractivity contribution is 7.09. The van der Waals surface area contributed by atoms with Gasteiger partial charge >= 0.3 is 0 Å². The van der Waals surface area contributed by atoms with Crippen molar-refractivity contribution in [3.05, 3.63) is 52.1 Å². The predicted octanol–water partition coefficient (Wildman–Crippen LogP) is 2.89. The molecule has 24 heavy (non-hydrogen) atoms. The van der Waals surface area contributed by atoms with E-state index >= 15 is 0 Å². The summed E-state index contributed by atoms with van der Waals surface area (Å²) in [5, 5.41) is 4.75. The zero-order valence-electron chi connectivity index (χ0n) is 13.1. The first kappa shape index (κ1) is 15.3. The zero-order chi connectivity index (χ0) is 16.4. The van der Waals surface area contributed by atoms with E-state index in [1.165, 1.54) is 11.5 Å². The van der Waals surface area contributed by atoms with E-state index in [1.807, 2.05) is 24.3 Å². The number of nitrogens with zero attached hydrogens (tertiary/aromatic N) is 2. The molecule has 0 atom stereocenters. The lowest BCUT2D eigenvalue weighted by Gasteiger charge is -2.18. The molecule has 0 unspecified atom stereocenters. The quantitative estimate of drug-likeness (QED) is 0.762. The summed E-state index contributed by atoms with van der Waals surface area (Å²) in [6, 6.07) is 9.16. The summed E-state index contributed by atoms with van der Waals surface area (Å²) in [5.74, 6) is 1.30. The molecule has 4 rings (SSSR count). The van der Waals surface area contributed by atoms with E-state index in [0.29, 0.717) is 17.8 Å². The molecule has 1 aliphatic rings. The number of hydrogen-bond acceptors (Lipinski definition) is 6. The highest BCUT2D eigenvalue weighted by Crippen LogP contribution is 2.27. The zero-order valence-corrected chi connectivity index (χ0v) is 13.9. The van der Waals surface area contributed by atoms with E-state index in [1.54, 1.807) is 6.07 Å². The number of rotatable bonds is 4. The SMILES string of the molecule is O=c1cc(CNc2nc(C3CCOCC3)ns2)[nH]c2ccccc12. The molecule has 3 aromatic rings. The summed E-state index contributed by atoms with van der Waals surface area (Å²) in [5.41, 5.74) is 1.71. The molecular formula is C17H18N4O2S. The number of aromatic nitrogens is 3. The topological polar surface area (TPSA) is 79.9 Å². The molecule has 2 N–H and O–H groups in total. The van der Waals surface area contributed by atoms with Crippen molar-refractivity contribution in [1.29, 1.82) is 0 Å². The van der Waals surface area contributed by atoms with Crippen molar-refractivity contribution in [3.8, 4) is 0 Å². The van der Waals surface area contributed by atoms with Crippen LogP contribution in [-0.2, 0) is 11.3 Å². The maximum atomic E-state index is 12.1. The lowest BCUT2D eigenvalue weighted by atomic mass is 10.00. The number of benzene rings is 1. The summed E-state index contributed by atoms with van der Waals surface area (Å²) in [6.07, 6.45) is 1.96. The summed E-state index contributed by atoms with van der Waals surface area (Å²) in [6.45, 7) is 2.08. The first-order valence-electron chi connectivity index (χ1n) is 8.06. The van der Waals surface area contributed by atoms with Crippen LogP contribution in [0.5, 0.6) is 0 Å². The van der Waals surface area contributed by atoms with Crippen molar-refractivity contribution in [2.75, 3.05) is 18.5 Å². The van der Waals surface area contributed by atoms with Gasteiger partial charge in [-0.1, -0.05) is 12.1 Å². The maximum Gasteiger partial charge on any atom is 0.202 e. The van der Waals surface area contributed by atoms with Crippen LogP contribution < -0.4 is 10.7 Å². The molecule has 1 fully saturated rings. The Bertz CT molecular complexity index is 899. The first-order valence-corrected chi connectivity index (χ1v) is 8.83. The third-order valence-electron chi connectivity index (χ3n) is 4.25. The van der Waals surface area contributed by atoms with E-state index in [9.17, 15) is 4.79 Å². The fourth-order valence-corrected chi connectivity index (χ4v) is 3.59. The Hall–Kier alpha value is -2.25. The molecule has 0 saturated carbocycles. The van der Waals surface area contributed by atoms with Crippen LogP contribution in [0.3, 0.4) is 0 Å². The number of anilines is 1. The summed E-state index contributed by atoms with van der Waals surface area (Å²) in [4.78, 5) is 20.0. The van der Waals surface area contributed by atoms with Crippen molar-refractivity contribution in [2.45, 2.75) is 25.3 Å². The van der Waals surface area contributed by atoms with Gasteiger partial charge < -0.3 is 15.0 Å². The van der Waals surface area contributed by atoms with Gasteiger partial charge in [0.1, 0.15) is 5.82 Å². The third kappa shape index (κ3) is 3.18. The van der Waals surface area contributed by atoms with Crippen molar-refractivity contribution < 1.29 is 4.74 Å². The smallest absolute Gasteiger partial charge is 0.202 e. The van der Waals surface area contributed by atoms with Gasteiger partial charge in [0.25, 0.3) is 0 Å². The number of H-pyrrole nitrogens is 1. The molecule has 0 bridgehead atoms. The maximum absolute atomic E-state index is 12.1. The van der Waals surface area contributed by atoms with Crippen molar-refractivity contribution in [3.63, 3.8) is 0 Å². The van der Waals surface area contributed by atoms with Crippen LogP contribution in [0.1, 0.15) is 30.3 Å². The molecule has 1 aromatic carbocycles. The highest BCUT2D eigenvalue weighted by atomic mass is 32.1. The van der Waals surface area contributed by atoms with Gasteiger partial charge in [-0.05, 0) is 25.0 Å². The van der Waals surface area contributed by atoms with E-state index in [-0.39, 0.29) is 5.43 Å². The number of fused-ring (bicyclic) bond motifs is 1. The number of aromatic amines is 1. The molecule has 2 aromatic heterocycles. The Morgan fingerprint density at radius 1 is 1.29 bits per heavy atom. The standard InChI is InChI=1S/C17H18N4O2S/c22-15-9-12(19-14-4-2-1-3-13(14)15)10-18-17-20-16(21-24-17)11-5-7-23-8-6-11/h1-4,9,11H,5-8,10H2,(H,19,22)(H,18,20,21). The average Bonchev–Trinajstić information content (AvgIpc) is 3.10. The Balaban J connectivity index is 1.47.